The Kier molecular flexibility index (Phi) is 2.97. The third-order valence-electron chi connectivity index (χ3n) is 2.61. The van der Waals surface area contributed by atoms with E-state index in [1.165, 1.54) is 6.20 Å². The molecule has 1 aliphatic heterocycles. The molecule has 3 rings (SSSR count). The van der Waals surface area contributed by atoms with E-state index in [4.69, 9.17) is 14.7 Å². The molecule has 0 bridgehead atoms. The summed E-state index contributed by atoms with van der Waals surface area (Å²) in [6.07, 6.45) is 1.51. The third kappa shape index (κ3) is 2.33. The van der Waals surface area contributed by atoms with Crippen molar-refractivity contribution in [2.75, 3.05) is 12.1 Å². The number of hydrogen-bond donors (Lipinski definition) is 1. The average molecular weight is 318 g/mol. The minimum absolute atomic E-state index is 0.248. The highest BCUT2D eigenvalue weighted by Gasteiger charge is 2.13. The van der Waals surface area contributed by atoms with Gasteiger partial charge in [-0.2, -0.15) is 5.26 Å². The molecule has 1 aromatic carbocycles. The topological polar surface area (TPSA) is 67.2 Å². The van der Waals surface area contributed by atoms with Crippen molar-refractivity contribution in [2.45, 2.75) is 0 Å². The Bertz CT molecular complexity index is 682. The van der Waals surface area contributed by atoms with Gasteiger partial charge in [0.05, 0.1) is 10.0 Å². The summed E-state index contributed by atoms with van der Waals surface area (Å²) in [6, 6.07) is 9.30. The van der Waals surface area contributed by atoms with Gasteiger partial charge in [-0.15, -0.1) is 0 Å². The number of hydrogen-bond acceptors (Lipinski definition) is 5. The molecule has 0 saturated heterocycles. The predicted molar refractivity (Wildman–Crippen MR) is 72.5 cm³/mol. The number of rotatable bonds is 2. The number of ether oxygens (including phenoxy) is 2. The smallest absolute Gasteiger partial charge is 0.231 e. The monoisotopic (exact) mass is 317 g/mol. The van der Waals surface area contributed by atoms with Crippen molar-refractivity contribution < 1.29 is 9.47 Å². The van der Waals surface area contributed by atoms with Gasteiger partial charge in [0.1, 0.15) is 11.9 Å². The zero-order chi connectivity index (χ0) is 13.2. The van der Waals surface area contributed by atoms with Crippen LogP contribution in [-0.2, 0) is 0 Å². The van der Waals surface area contributed by atoms with E-state index in [0.717, 1.165) is 15.9 Å². The van der Waals surface area contributed by atoms with E-state index < -0.39 is 0 Å². The van der Waals surface area contributed by atoms with Gasteiger partial charge in [-0.25, -0.2) is 4.98 Å². The van der Waals surface area contributed by atoms with E-state index in [9.17, 15) is 0 Å². The molecular weight excluding hydrogens is 310 g/mol. The van der Waals surface area contributed by atoms with E-state index in [1.807, 2.05) is 24.3 Å². The van der Waals surface area contributed by atoms with Crippen LogP contribution >= 0.6 is 15.9 Å². The first-order chi connectivity index (χ1) is 9.26. The number of fused-ring (bicyclic) bond motifs is 1. The second kappa shape index (κ2) is 4.78. The van der Waals surface area contributed by atoms with E-state index in [-0.39, 0.29) is 6.79 Å². The molecular formula is C13H8BrN3O2. The SMILES string of the molecule is N#Cc1cnc(Nc2ccc3c(c2)OCO3)c(Br)c1. The third-order valence-corrected chi connectivity index (χ3v) is 3.21. The lowest BCUT2D eigenvalue weighted by Gasteiger charge is -2.08. The van der Waals surface area contributed by atoms with Crippen molar-refractivity contribution in [3.05, 3.63) is 40.5 Å². The first kappa shape index (κ1) is 11.8. The maximum atomic E-state index is 8.79. The molecule has 0 fully saturated rings. The van der Waals surface area contributed by atoms with E-state index >= 15 is 0 Å². The molecule has 1 aromatic heterocycles. The van der Waals surface area contributed by atoms with Crippen LogP contribution in [0.15, 0.2) is 34.9 Å². The number of aromatic nitrogens is 1. The molecule has 0 unspecified atom stereocenters. The maximum absolute atomic E-state index is 8.79. The Morgan fingerprint density at radius 1 is 1.26 bits per heavy atom. The zero-order valence-electron chi connectivity index (χ0n) is 9.68. The molecule has 6 heteroatoms. The van der Waals surface area contributed by atoms with Crippen molar-refractivity contribution in [3.8, 4) is 17.6 Å². The van der Waals surface area contributed by atoms with Crippen LogP contribution in [0.3, 0.4) is 0 Å². The van der Waals surface area contributed by atoms with E-state index in [2.05, 4.69) is 26.2 Å². The lowest BCUT2D eigenvalue weighted by atomic mass is 10.2. The van der Waals surface area contributed by atoms with Crippen molar-refractivity contribution in [1.82, 2.24) is 4.98 Å². The first-order valence-corrected chi connectivity index (χ1v) is 6.28. The van der Waals surface area contributed by atoms with Crippen molar-refractivity contribution in [2.24, 2.45) is 0 Å². The summed E-state index contributed by atoms with van der Waals surface area (Å²) in [5.41, 5.74) is 1.34. The molecule has 2 heterocycles. The quantitative estimate of drug-likeness (QED) is 0.921. The maximum Gasteiger partial charge on any atom is 0.231 e. The summed E-state index contributed by atoms with van der Waals surface area (Å²) in [5, 5.41) is 11.9. The van der Waals surface area contributed by atoms with Gasteiger partial charge in [-0.05, 0) is 34.1 Å². The Hall–Kier alpha value is -2.26. The highest BCUT2D eigenvalue weighted by Crippen LogP contribution is 2.35. The van der Waals surface area contributed by atoms with E-state index in [0.29, 0.717) is 17.1 Å². The number of anilines is 2. The number of nitrogens with zero attached hydrogens (tertiary/aromatic N) is 2. The fourth-order valence-electron chi connectivity index (χ4n) is 1.70. The first-order valence-electron chi connectivity index (χ1n) is 5.48. The highest BCUT2D eigenvalue weighted by atomic mass is 79.9. The number of halogens is 1. The van der Waals surface area contributed by atoms with Crippen LogP contribution in [0.2, 0.25) is 0 Å². The predicted octanol–water partition coefficient (Wildman–Crippen LogP) is 3.19. The molecule has 1 N–H and O–H groups in total. The van der Waals surface area contributed by atoms with Gasteiger partial charge in [-0.3, -0.25) is 0 Å². The summed E-state index contributed by atoms with van der Waals surface area (Å²) < 4.78 is 11.3. The van der Waals surface area contributed by atoms with Gasteiger partial charge in [0, 0.05) is 18.0 Å². The van der Waals surface area contributed by atoms with Gasteiger partial charge in [0.15, 0.2) is 11.5 Å². The lowest BCUT2D eigenvalue weighted by Crippen LogP contribution is -1.95. The van der Waals surface area contributed by atoms with Crippen LogP contribution in [-0.4, -0.2) is 11.8 Å². The van der Waals surface area contributed by atoms with Gasteiger partial charge in [0.2, 0.25) is 6.79 Å². The average Bonchev–Trinajstić information content (AvgIpc) is 2.88. The molecule has 0 atom stereocenters. The zero-order valence-corrected chi connectivity index (χ0v) is 11.3. The highest BCUT2D eigenvalue weighted by molar-refractivity contribution is 9.10. The second-order valence-corrected chi connectivity index (χ2v) is 4.71. The summed E-state index contributed by atoms with van der Waals surface area (Å²) in [5.74, 6) is 2.07. The number of nitrogens with one attached hydrogen (secondary N) is 1. The Morgan fingerprint density at radius 2 is 2.11 bits per heavy atom. The van der Waals surface area contributed by atoms with Crippen LogP contribution in [0.25, 0.3) is 0 Å². The number of pyridine rings is 1. The summed E-state index contributed by atoms with van der Waals surface area (Å²) in [7, 11) is 0. The second-order valence-electron chi connectivity index (χ2n) is 3.86. The summed E-state index contributed by atoms with van der Waals surface area (Å²) in [4.78, 5) is 4.19. The van der Waals surface area contributed by atoms with Crippen LogP contribution in [0, 0.1) is 11.3 Å². The van der Waals surface area contributed by atoms with Crippen molar-refractivity contribution in [1.29, 1.82) is 5.26 Å². The standard InChI is InChI=1S/C13H8BrN3O2/c14-10-3-8(5-15)6-16-13(10)17-9-1-2-11-12(4-9)19-7-18-11/h1-4,6H,7H2,(H,16,17). The molecule has 94 valence electrons. The molecule has 0 aliphatic carbocycles. The summed E-state index contributed by atoms with van der Waals surface area (Å²) in [6.45, 7) is 0.248. The molecule has 0 radical (unpaired) electrons. The molecule has 1 aliphatic rings. The van der Waals surface area contributed by atoms with Crippen LogP contribution in [0.5, 0.6) is 11.5 Å². The van der Waals surface area contributed by atoms with Crippen molar-refractivity contribution >= 4 is 27.4 Å². The summed E-state index contributed by atoms with van der Waals surface area (Å²) >= 11 is 3.38. The van der Waals surface area contributed by atoms with Crippen molar-refractivity contribution in [3.63, 3.8) is 0 Å². The van der Waals surface area contributed by atoms with Crippen LogP contribution in [0.1, 0.15) is 5.56 Å². The fraction of sp³-hybridized carbons (Fsp3) is 0.0769. The Balaban J connectivity index is 1.87. The Labute approximate surface area is 117 Å². The van der Waals surface area contributed by atoms with Crippen LogP contribution < -0.4 is 14.8 Å². The van der Waals surface area contributed by atoms with Gasteiger partial charge in [-0.1, -0.05) is 0 Å². The number of nitriles is 1. The molecule has 5 nitrogen and oxygen atoms in total. The molecule has 0 saturated carbocycles. The van der Waals surface area contributed by atoms with Crippen LogP contribution in [0.4, 0.5) is 11.5 Å². The fourth-order valence-corrected chi connectivity index (χ4v) is 2.15. The van der Waals surface area contributed by atoms with Gasteiger partial charge >= 0.3 is 0 Å². The number of benzene rings is 1. The minimum Gasteiger partial charge on any atom is -0.454 e. The largest absolute Gasteiger partial charge is 0.454 e. The normalized spacial score (nSPS) is 12.0. The molecule has 19 heavy (non-hydrogen) atoms. The Morgan fingerprint density at radius 3 is 2.89 bits per heavy atom. The molecule has 0 spiro atoms. The molecule has 2 aromatic rings. The van der Waals surface area contributed by atoms with E-state index in [1.54, 1.807) is 6.07 Å². The van der Waals surface area contributed by atoms with Gasteiger partial charge < -0.3 is 14.8 Å². The lowest BCUT2D eigenvalue weighted by molar-refractivity contribution is 0.174. The minimum atomic E-state index is 0.248. The molecule has 0 amide bonds. The van der Waals surface area contributed by atoms with Gasteiger partial charge in [0.25, 0.3) is 0 Å².